The number of nitrogens with one attached hydrogen (secondary N) is 1. The molecule has 2 aliphatic rings. The van der Waals surface area contributed by atoms with Gasteiger partial charge in [-0.1, -0.05) is 12.1 Å². The minimum absolute atomic E-state index is 0.0619. The van der Waals surface area contributed by atoms with Crippen LogP contribution in [0.1, 0.15) is 29.9 Å². The first-order valence-electron chi connectivity index (χ1n) is 10.2. The monoisotopic (exact) mass is 414 g/mol. The van der Waals surface area contributed by atoms with Gasteiger partial charge in [-0.25, -0.2) is 4.39 Å². The highest BCUT2D eigenvalue weighted by atomic mass is 19.1. The number of carbonyl (C=O) groups excluding carboxylic acids is 1. The van der Waals surface area contributed by atoms with Crippen LogP contribution in [0.3, 0.4) is 0 Å². The van der Waals surface area contributed by atoms with E-state index >= 15 is 0 Å². The molecule has 6 nitrogen and oxygen atoms in total. The molecule has 0 unspecified atom stereocenters. The van der Waals surface area contributed by atoms with Crippen molar-refractivity contribution >= 4 is 11.6 Å². The summed E-state index contributed by atoms with van der Waals surface area (Å²) < 4.78 is 25.4. The van der Waals surface area contributed by atoms with Gasteiger partial charge in [0.15, 0.2) is 0 Å². The smallest absolute Gasteiger partial charge is 0.222 e. The van der Waals surface area contributed by atoms with Crippen LogP contribution in [0, 0.1) is 5.82 Å². The number of fused-ring (bicyclic) bond motifs is 3. The van der Waals surface area contributed by atoms with Gasteiger partial charge in [0.25, 0.3) is 0 Å². The van der Waals surface area contributed by atoms with Gasteiger partial charge < -0.3 is 24.8 Å². The molecule has 2 heterocycles. The second-order valence-corrected chi connectivity index (χ2v) is 8.13. The maximum atomic E-state index is 13.3. The van der Waals surface area contributed by atoms with Crippen molar-refractivity contribution in [2.75, 3.05) is 25.6 Å². The van der Waals surface area contributed by atoms with Crippen LogP contribution in [0.4, 0.5) is 10.1 Å². The van der Waals surface area contributed by atoms with Crippen LogP contribution in [0.2, 0.25) is 0 Å². The second-order valence-electron chi connectivity index (χ2n) is 8.13. The molecular weight excluding hydrogens is 387 g/mol. The van der Waals surface area contributed by atoms with Crippen molar-refractivity contribution in [3.05, 3.63) is 59.4 Å². The van der Waals surface area contributed by atoms with Crippen LogP contribution < -0.4 is 15.0 Å². The van der Waals surface area contributed by atoms with Gasteiger partial charge in [0.05, 0.1) is 19.1 Å². The lowest BCUT2D eigenvalue weighted by molar-refractivity contribution is -0.142. The van der Waals surface area contributed by atoms with Crippen molar-refractivity contribution < 1.29 is 23.8 Å². The summed E-state index contributed by atoms with van der Waals surface area (Å²) in [5.41, 5.74) is 2.88. The zero-order valence-corrected chi connectivity index (χ0v) is 17.2. The van der Waals surface area contributed by atoms with Crippen LogP contribution in [-0.4, -0.2) is 50.0 Å². The Morgan fingerprint density at radius 1 is 1.27 bits per heavy atom. The molecule has 7 heteroatoms. The number of benzene rings is 2. The number of rotatable bonds is 6. The van der Waals surface area contributed by atoms with E-state index in [-0.39, 0.29) is 49.4 Å². The maximum absolute atomic E-state index is 13.3. The fraction of sp³-hybridized carbons (Fsp3) is 0.435. The third kappa shape index (κ3) is 4.27. The number of carbonyl (C=O) groups is 1. The predicted octanol–water partition coefficient (Wildman–Crippen LogP) is 2.59. The molecule has 2 aromatic rings. The largest absolute Gasteiger partial charge is 0.487 e. The lowest BCUT2D eigenvalue weighted by Crippen LogP contribution is -2.47. The van der Waals surface area contributed by atoms with Crippen LogP contribution in [0.5, 0.6) is 5.75 Å². The molecule has 2 aromatic carbocycles. The highest BCUT2D eigenvalue weighted by molar-refractivity contribution is 5.76. The van der Waals surface area contributed by atoms with Crippen LogP contribution in [0.15, 0.2) is 42.5 Å². The summed E-state index contributed by atoms with van der Waals surface area (Å²) in [5.74, 6) is 0.382. The Balaban J connectivity index is 1.43. The molecule has 160 valence electrons. The molecule has 0 radical (unpaired) electrons. The molecule has 1 fully saturated rings. The first kappa shape index (κ1) is 20.6. The number of aliphatic hydroxyl groups is 1. The molecule has 0 spiro atoms. The molecule has 4 rings (SSSR count). The SMILES string of the molecule is CN(C)c1ccc2c(c1)[C@@H]1C[C@H](CC(=O)NCc3cccc(F)c3)O[C@@H](CO)[C@@H]1O2. The van der Waals surface area contributed by atoms with Crippen molar-refractivity contribution in [1.29, 1.82) is 0 Å². The summed E-state index contributed by atoms with van der Waals surface area (Å²) in [4.78, 5) is 14.5. The molecule has 1 saturated heterocycles. The highest BCUT2D eigenvalue weighted by Gasteiger charge is 2.46. The van der Waals surface area contributed by atoms with E-state index < -0.39 is 6.10 Å². The molecule has 30 heavy (non-hydrogen) atoms. The van der Waals surface area contributed by atoms with Gasteiger partial charge in [-0.2, -0.15) is 0 Å². The zero-order valence-electron chi connectivity index (χ0n) is 17.2. The number of amides is 1. The van der Waals surface area contributed by atoms with Crippen LogP contribution in [0.25, 0.3) is 0 Å². The van der Waals surface area contributed by atoms with Gasteiger partial charge in [-0.05, 0) is 42.3 Å². The van der Waals surface area contributed by atoms with Crippen molar-refractivity contribution in [3.8, 4) is 5.75 Å². The minimum Gasteiger partial charge on any atom is -0.487 e. The number of nitrogens with zero attached hydrogens (tertiary/aromatic N) is 1. The molecule has 0 aliphatic carbocycles. The van der Waals surface area contributed by atoms with Crippen molar-refractivity contribution in [1.82, 2.24) is 5.32 Å². The van der Waals surface area contributed by atoms with Gasteiger partial charge in [0.1, 0.15) is 23.8 Å². The number of halogens is 1. The van der Waals surface area contributed by atoms with E-state index in [9.17, 15) is 14.3 Å². The summed E-state index contributed by atoms with van der Waals surface area (Å²) in [6, 6.07) is 12.2. The zero-order chi connectivity index (χ0) is 21.3. The summed E-state index contributed by atoms with van der Waals surface area (Å²) in [5, 5.41) is 12.7. The molecule has 2 aliphatic heterocycles. The highest BCUT2D eigenvalue weighted by Crippen LogP contribution is 2.47. The number of hydrogen-bond donors (Lipinski definition) is 2. The molecule has 0 bridgehead atoms. The molecule has 0 aromatic heterocycles. The first-order chi connectivity index (χ1) is 14.4. The van der Waals surface area contributed by atoms with Gasteiger partial charge in [-0.3, -0.25) is 4.79 Å². The van der Waals surface area contributed by atoms with E-state index in [0.29, 0.717) is 12.0 Å². The Morgan fingerprint density at radius 2 is 2.10 bits per heavy atom. The molecule has 1 amide bonds. The number of anilines is 1. The molecule has 2 N–H and O–H groups in total. The van der Waals surface area contributed by atoms with Crippen molar-refractivity contribution in [3.63, 3.8) is 0 Å². The number of aliphatic hydroxyl groups excluding tert-OH is 1. The Labute approximate surface area is 175 Å². The topological polar surface area (TPSA) is 71.0 Å². The average molecular weight is 414 g/mol. The van der Waals surface area contributed by atoms with Gasteiger partial charge in [0, 0.05) is 37.8 Å². The fourth-order valence-electron chi connectivity index (χ4n) is 4.28. The summed E-state index contributed by atoms with van der Waals surface area (Å²) in [6.45, 7) is 0.0913. The van der Waals surface area contributed by atoms with Crippen LogP contribution in [-0.2, 0) is 16.1 Å². The number of hydrogen-bond acceptors (Lipinski definition) is 5. The van der Waals surface area contributed by atoms with E-state index in [0.717, 1.165) is 17.0 Å². The number of ether oxygens (including phenoxy) is 2. The Kier molecular flexibility index (Phi) is 5.92. The van der Waals surface area contributed by atoms with Gasteiger partial charge in [-0.15, -0.1) is 0 Å². The van der Waals surface area contributed by atoms with E-state index in [1.54, 1.807) is 12.1 Å². The first-order valence-corrected chi connectivity index (χ1v) is 10.2. The second kappa shape index (κ2) is 8.62. The Morgan fingerprint density at radius 3 is 2.83 bits per heavy atom. The maximum Gasteiger partial charge on any atom is 0.222 e. The lowest BCUT2D eigenvalue weighted by atomic mass is 9.84. The standard InChI is InChI=1S/C23H27FN2O4/c1-26(2)16-6-7-20-18(9-16)19-10-17(29-21(13-27)23(19)30-20)11-22(28)25-12-14-4-3-5-15(24)8-14/h3-9,17,19,21,23,27H,10-13H2,1-2H3,(H,25,28)/t17-,19+,21+,23-/m1/s1. The third-order valence-corrected chi connectivity index (χ3v) is 5.79. The summed E-state index contributed by atoms with van der Waals surface area (Å²) >= 11 is 0. The lowest BCUT2D eigenvalue weighted by Gasteiger charge is -2.37. The molecule has 4 atom stereocenters. The Hall–Kier alpha value is -2.64. The molecule has 0 saturated carbocycles. The molecular formula is C23H27FN2O4. The van der Waals surface area contributed by atoms with Gasteiger partial charge >= 0.3 is 0 Å². The predicted molar refractivity (Wildman–Crippen MR) is 111 cm³/mol. The minimum atomic E-state index is -0.486. The van der Waals surface area contributed by atoms with Gasteiger partial charge in [0.2, 0.25) is 5.91 Å². The van der Waals surface area contributed by atoms with E-state index in [1.807, 2.05) is 31.1 Å². The average Bonchev–Trinajstić information content (AvgIpc) is 3.09. The van der Waals surface area contributed by atoms with Crippen molar-refractivity contribution in [2.24, 2.45) is 0 Å². The quantitative estimate of drug-likeness (QED) is 0.760. The van der Waals surface area contributed by atoms with E-state index in [1.165, 1.54) is 12.1 Å². The summed E-state index contributed by atoms with van der Waals surface area (Å²) in [7, 11) is 3.97. The van der Waals surface area contributed by atoms with E-state index in [2.05, 4.69) is 11.4 Å². The third-order valence-electron chi connectivity index (χ3n) is 5.79. The van der Waals surface area contributed by atoms with Crippen molar-refractivity contribution in [2.45, 2.75) is 43.6 Å². The fourth-order valence-corrected chi connectivity index (χ4v) is 4.28. The Bertz CT molecular complexity index is 920. The van der Waals surface area contributed by atoms with E-state index in [4.69, 9.17) is 9.47 Å². The summed E-state index contributed by atoms with van der Waals surface area (Å²) in [6.07, 6.45) is -0.252. The normalized spacial score (nSPS) is 24.5. The van der Waals surface area contributed by atoms with Crippen LogP contribution >= 0.6 is 0 Å².